The van der Waals surface area contributed by atoms with Crippen molar-refractivity contribution in [1.29, 1.82) is 0 Å². The summed E-state index contributed by atoms with van der Waals surface area (Å²) < 4.78 is 5.39. The minimum absolute atomic E-state index is 0.425. The molecule has 0 unspecified atom stereocenters. The first-order chi connectivity index (χ1) is 7.27. The normalized spacial score (nSPS) is 10.9. The Hall–Kier alpha value is -0.700. The predicted octanol–water partition coefficient (Wildman–Crippen LogP) is 3.19. The number of hydrogen-bond donors (Lipinski definition) is 1. The molecule has 82 valence electrons. The van der Waals surface area contributed by atoms with Gasteiger partial charge in [-0.25, -0.2) is 0 Å². The molecule has 0 bridgehead atoms. The smallest absolute Gasteiger partial charge is 0.138 e. The van der Waals surface area contributed by atoms with E-state index in [0.717, 1.165) is 12.1 Å². The Kier molecular flexibility index (Phi) is 5.54. The van der Waals surface area contributed by atoms with Crippen LogP contribution in [0.2, 0.25) is 5.02 Å². The van der Waals surface area contributed by atoms with Crippen LogP contribution in [-0.2, 0) is 6.54 Å². The molecule has 0 aliphatic carbocycles. The van der Waals surface area contributed by atoms with Crippen LogP contribution in [-0.4, -0.2) is 13.7 Å². The zero-order valence-corrected chi connectivity index (χ0v) is 9.98. The van der Waals surface area contributed by atoms with Gasteiger partial charge in [-0.2, -0.15) is 0 Å². The van der Waals surface area contributed by atoms with Crippen molar-refractivity contribution >= 4 is 23.2 Å². The van der Waals surface area contributed by atoms with Crippen molar-refractivity contribution in [1.82, 2.24) is 5.32 Å². The molecule has 0 atom stereocenters. The van der Waals surface area contributed by atoms with Gasteiger partial charge in [0.2, 0.25) is 0 Å². The number of ether oxygens (including phenoxy) is 1. The molecule has 0 saturated heterocycles. The standard InChI is InChI=1S/C11H13Cl2NO/c1-14-8-9-3-4-11(10(13)7-9)15-6-2-5-12/h2-5,7,14H,6,8H2,1H3. The molecule has 1 aromatic carbocycles. The maximum absolute atomic E-state index is 6.03. The van der Waals surface area contributed by atoms with E-state index in [0.29, 0.717) is 17.4 Å². The Morgan fingerprint density at radius 2 is 2.27 bits per heavy atom. The third-order valence-electron chi connectivity index (χ3n) is 1.80. The van der Waals surface area contributed by atoms with Gasteiger partial charge in [-0.1, -0.05) is 29.3 Å². The van der Waals surface area contributed by atoms with Crippen LogP contribution in [0.4, 0.5) is 0 Å². The van der Waals surface area contributed by atoms with Gasteiger partial charge in [0.15, 0.2) is 0 Å². The van der Waals surface area contributed by atoms with Gasteiger partial charge >= 0.3 is 0 Å². The van der Waals surface area contributed by atoms with Crippen LogP contribution in [0, 0.1) is 0 Å². The van der Waals surface area contributed by atoms with Gasteiger partial charge < -0.3 is 10.1 Å². The van der Waals surface area contributed by atoms with Gasteiger partial charge in [0.25, 0.3) is 0 Å². The molecule has 2 nitrogen and oxygen atoms in total. The lowest BCUT2D eigenvalue weighted by atomic mass is 10.2. The van der Waals surface area contributed by atoms with Crippen LogP contribution in [0.3, 0.4) is 0 Å². The van der Waals surface area contributed by atoms with Crippen molar-refractivity contribution in [2.24, 2.45) is 0 Å². The van der Waals surface area contributed by atoms with E-state index in [-0.39, 0.29) is 0 Å². The minimum Gasteiger partial charge on any atom is -0.488 e. The van der Waals surface area contributed by atoms with Crippen LogP contribution < -0.4 is 10.1 Å². The maximum atomic E-state index is 6.03. The average molecular weight is 246 g/mol. The summed E-state index contributed by atoms with van der Waals surface area (Å²) in [5.41, 5.74) is 2.55. The molecule has 0 saturated carbocycles. The second-order valence-electron chi connectivity index (χ2n) is 2.97. The SMILES string of the molecule is CNCc1ccc(OCC=CCl)c(Cl)c1. The van der Waals surface area contributed by atoms with E-state index in [1.807, 2.05) is 25.2 Å². The molecule has 0 fully saturated rings. The van der Waals surface area contributed by atoms with Gasteiger partial charge in [-0.3, -0.25) is 0 Å². The largest absolute Gasteiger partial charge is 0.488 e. The summed E-state index contributed by atoms with van der Waals surface area (Å²) in [6.07, 6.45) is 1.71. The highest BCUT2D eigenvalue weighted by Gasteiger charge is 2.01. The van der Waals surface area contributed by atoms with Crippen LogP contribution >= 0.6 is 23.2 Å². The second kappa shape index (κ2) is 6.72. The lowest BCUT2D eigenvalue weighted by molar-refractivity contribution is 0.363. The van der Waals surface area contributed by atoms with Gasteiger partial charge in [0.1, 0.15) is 12.4 Å². The van der Waals surface area contributed by atoms with E-state index < -0.39 is 0 Å². The fourth-order valence-corrected chi connectivity index (χ4v) is 1.48. The minimum atomic E-state index is 0.425. The zero-order valence-electron chi connectivity index (χ0n) is 8.47. The molecule has 0 aliphatic rings. The Morgan fingerprint density at radius 3 is 2.87 bits per heavy atom. The van der Waals surface area contributed by atoms with Crippen LogP contribution in [0.25, 0.3) is 0 Å². The lowest BCUT2D eigenvalue weighted by Crippen LogP contribution is -2.05. The average Bonchev–Trinajstić information content (AvgIpc) is 2.22. The monoisotopic (exact) mass is 245 g/mol. The second-order valence-corrected chi connectivity index (χ2v) is 3.63. The van der Waals surface area contributed by atoms with E-state index in [4.69, 9.17) is 27.9 Å². The van der Waals surface area contributed by atoms with Crippen molar-refractivity contribution in [3.63, 3.8) is 0 Å². The molecule has 0 amide bonds. The van der Waals surface area contributed by atoms with Gasteiger partial charge in [0.05, 0.1) is 5.02 Å². The molecule has 1 aromatic rings. The van der Waals surface area contributed by atoms with Gasteiger partial charge in [0, 0.05) is 12.1 Å². The first kappa shape index (κ1) is 12.4. The van der Waals surface area contributed by atoms with Crippen LogP contribution in [0.5, 0.6) is 5.75 Å². The Labute approximate surface area is 99.8 Å². The number of hydrogen-bond acceptors (Lipinski definition) is 2. The summed E-state index contributed by atoms with van der Waals surface area (Å²) >= 11 is 11.4. The van der Waals surface area contributed by atoms with Gasteiger partial charge in [-0.15, -0.1) is 0 Å². The molecule has 1 N–H and O–H groups in total. The first-order valence-electron chi connectivity index (χ1n) is 4.59. The molecule has 0 radical (unpaired) electrons. The molecular weight excluding hydrogens is 233 g/mol. The van der Waals surface area contributed by atoms with E-state index >= 15 is 0 Å². The summed E-state index contributed by atoms with van der Waals surface area (Å²) in [4.78, 5) is 0. The molecule has 4 heteroatoms. The Morgan fingerprint density at radius 1 is 1.47 bits per heavy atom. The lowest BCUT2D eigenvalue weighted by Gasteiger charge is -2.07. The number of rotatable bonds is 5. The molecule has 15 heavy (non-hydrogen) atoms. The molecule has 0 aromatic heterocycles. The zero-order chi connectivity index (χ0) is 11.1. The quantitative estimate of drug-likeness (QED) is 0.861. The van der Waals surface area contributed by atoms with Crippen molar-refractivity contribution in [2.75, 3.05) is 13.7 Å². The maximum Gasteiger partial charge on any atom is 0.138 e. The highest BCUT2D eigenvalue weighted by atomic mass is 35.5. The Bertz CT molecular complexity index is 339. The summed E-state index contributed by atoms with van der Waals surface area (Å²) in [5, 5.41) is 3.67. The van der Waals surface area contributed by atoms with E-state index in [9.17, 15) is 0 Å². The van der Waals surface area contributed by atoms with Crippen LogP contribution in [0.1, 0.15) is 5.56 Å². The van der Waals surface area contributed by atoms with Crippen molar-refractivity contribution < 1.29 is 4.74 Å². The molecule has 0 spiro atoms. The number of benzene rings is 1. The highest BCUT2D eigenvalue weighted by Crippen LogP contribution is 2.25. The van der Waals surface area contributed by atoms with Crippen LogP contribution in [0.15, 0.2) is 29.8 Å². The summed E-state index contributed by atoms with van der Waals surface area (Å²) in [6, 6.07) is 5.72. The fourth-order valence-electron chi connectivity index (χ4n) is 1.15. The van der Waals surface area contributed by atoms with E-state index in [1.54, 1.807) is 6.08 Å². The molecular formula is C11H13Cl2NO. The first-order valence-corrected chi connectivity index (χ1v) is 5.40. The number of nitrogens with one attached hydrogen (secondary N) is 1. The third kappa shape index (κ3) is 4.12. The van der Waals surface area contributed by atoms with Crippen molar-refractivity contribution in [2.45, 2.75) is 6.54 Å². The summed E-state index contributed by atoms with van der Waals surface area (Å²) in [6.45, 7) is 1.22. The number of halogens is 2. The third-order valence-corrected chi connectivity index (χ3v) is 2.27. The Balaban J connectivity index is 2.65. The molecule has 0 aliphatic heterocycles. The van der Waals surface area contributed by atoms with Gasteiger partial charge in [-0.05, 0) is 30.8 Å². The molecule has 0 heterocycles. The topological polar surface area (TPSA) is 21.3 Å². The fraction of sp³-hybridized carbons (Fsp3) is 0.273. The van der Waals surface area contributed by atoms with E-state index in [2.05, 4.69) is 5.32 Å². The van der Waals surface area contributed by atoms with E-state index in [1.165, 1.54) is 5.54 Å². The van der Waals surface area contributed by atoms with Crippen molar-refractivity contribution in [3.05, 3.63) is 40.4 Å². The molecule has 1 rings (SSSR count). The highest BCUT2D eigenvalue weighted by molar-refractivity contribution is 6.32. The van der Waals surface area contributed by atoms with Crippen molar-refractivity contribution in [3.8, 4) is 5.75 Å². The summed E-state index contributed by atoms with van der Waals surface area (Å²) in [7, 11) is 1.89. The predicted molar refractivity (Wildman–Crippen MR) is 64.7 cm³/mol. The summed E-state index contributed by atoms with van der Waals surface area (Å²) in [5.74, 6) is 0.672.